The van der Waals surface area contributed by atoms with Crippen LogP contribution in [0.2, 0.25) is 0 Å². The number of rotatable bonds is 4. The molecule has 0 saturated heterocycles. The maximum atomic E-state index is 13.7. The van der Waals surface area contributed by atoms with E-state index in [0.29, 0.717) is 5.56 Å². The fraction of sp³-hybridized carbons (Fsp3) is 0.154. The number of sulfonamides is 1. The Balaban J connectivity index is 2.41. The third-order valence-corrected chi connectivity index (χ3v) is 4.93. The van der Waals surface area contributed by atoms with Crippen LogP contribution in [0.4, 0.5) is 10.1 Å². The highest BCUT2D eigenvalue weighted by atomic mass is 32.2. The number of benzene rings is 1. The number of carbonyl (C=O) groups excluding carboxylic acids is 1. The summed E-state index contributed by atoms with van der Waals surface area (Å²) in [5.41, 5.74) is 0.669. The first-order valence-corrected chi connectivity index (χ1v) is 8.16. The van der Waals surface area contributed by atoms with Crippen molar-refractivity contribution in [3.63, 3.8) is 0 Å². The van der Waals surface area contributed by atoms with Gasteiger partial charge in [-0.3, -0.25) is 4.72 Å². The van der Waals surface area contributed by atoms with Crippen molar-refractivity contribution in [2.24, 2.45) is 0 Å². The third-order valence-electron chi connectivity index (χ3n) is 2.66. The van der Waals surface area contributed by atoms with E-state index in [4.69, 9.17) is 0 Å². The molecule has 1 aromatic carbocycles. The van der Waals surface area contributed by atoms with E-state index in [1.54, 1.807) is 6.92 Å². The van der Waals surface area contributed by atoms with Gasteiger partial charge in [-0.05, 0) is 36.1 Å². The molecule has 2 aromatic rings. The van der Waals surface area contributed by atoms with Crippen LogP contribution in [0.25, 0.3) is 0 Å². The highest BCUT2D eigenvalue weighted by Gasteiger charge is 2.23. The van der Waals surface area contributed by atoms with Crippen LogP contribution in [0.3, 0.4) is 0 Å². The summed E-state index contributed by atoms with van der Waals surface area (Å²) in [7, 11) is -2.93. The van der Waals surface area contributed by atoms with Crippen LogP contribution in [0, 0.1) is 12.7 Å². The van der Waals surface area contributed by atoms with Crippen LogP contribution < -0.4 is 4.72 Å². The van der Waals surface area contributed by atoms with Gasteiger partial charge in [0.05, 0.1) is 12.8 Å². The Kier molecular flexibility index (Phi) is 4.29. The first-order valence-electron chi connectivity index (χ1n) is 5.80. The molecular formula is C13H12FNO4S2. The highest BCUT2D eigenvalue weighted by Crippen LogP contribution is 2.27. The maximum Gasteiger partial charge on any atom is 0.350 e. The number of ether oxygens (including phenoxy) is 1. The molecule has 8 heteroatoms. The fourth-order valence-corrected chi connectivity index (χ4v) is 3.72. The number of carbonyl (C=O) groups is 1. The lowest BCUT2D eigenvalue weighted by atomic mass is 10.2. The smallest absolute Gasteiger partial charge is 0.350 e. The third kappa shape index (κ3) is 3.22. The topological polar surface area (TPSA) is 72.5 Å². The van der Waals surface area contributed by atoms with E-state index >= 15 is 0 Å². The van der Waals surface area contributed by atoms with Crippen molar-refractivity contribution < 1.29 is 22.3 Å². The SMILES string of the molecule is COC(=O)c1sccc1NS(=O)(=O)c1cc(C)ccc1F. The lowest BCUT2D eigenvalue weighted by Crippen LogP contribution is -2.16. The first kappa shape index (κ1) is 15.5. The van der Waals surface area contributed by atoms with Crippen molar-refractivity contribution in [1.29, 1.82) is 0 Å². The second kappa shape index (κ2) is 5.82. The van der Waals surface area contributed by atoms with Gasteiger partial charge in [-0.2, -0.15) is 0 Å². The predicted molar refractivity (Wildman–Crippen MR) is 77.6 cm³/mol. The monoisotopic (exact) mass is 329 g/mol. The fourth-order valence-electron chi connectivity index (χ4n) is 1.66. The van der Waals surface area contributed by atoms with E-state index in [1.807, 2.05) is 0 Å². The molecule has 1 heterocycles. The molecule has 21 heavy (non-hydrogen) atoms. The largest absolute Gasteiger partial charge is 0.465 e. The Hall–Kier alpha value is -1.93. The zero-order valence-corrected chi connectivity index (χ0v) is 12.8. The average Bonchev–Trinajstić information content (AvgIpc) is 2.87. The molecule has 0 bridgehead atoms. The Morgan fingerprint density at radius 1 is 1.33 bits per heavy atom. The summed E-state index contributed by atoms with van der Waals surface area (Å²) in [5, 5.41) is 1.54. The van der Waals surface area contributed by atoms with Crippen LogP contribution >= 0.6 is 11.3 Å². The molecule has 0 fully saturated rings. The Labute approximate surface area is 125 Å². The molecule has 0 aliphatic rings. The number of hydrogen-bond acceptors (Lipinski definition) is 5. The summed E-state index contributed by atoms with van der Waals surface area (Å²) in [5.74, 6) is -1.52. The number of anilines is 1. The van der Waals surface area contributed by atoms with Crippen LogP contribution in [0.15, 0.2) is 34.5 Å². The van der Waals surface area contributed by atoms with Gasteiger partial charge in [0.1, 0.15) is 15.6 Å². The quantitative estimate of drug-likeness (QED) is 0.876. The average molecular weight is 329 g/mol. The zero-order valence-electron chi connectivity index (χ0n) is 11.2. The molecule has 2 rings (SSSR count). The van der Waals surface area contributed by atoms with Gasteiger partial charge < -0.3 is 4.74 Å². The van der Waals surface area contributed by atoms with Gasteiger partial charge in [0, 0.05) is 0 Å². The zero-order chi connectivity index (χ0) is 15.6. The molecule has 5 nitrogen and oxygen atoms in total. The minimum atomic E-state index is -4.13. The molecule has 0 atom stereocenters. The van der Waals surface area contributed by atoms with Gasteiger partial charge in [0.25, 0.3) is 10.0 Å². The molecule has 0 amide bonds. The number of esters is 1. The molecule has 0 saturated carbocycles. The Morgan fingerprint density at radius 2 is 2.05 bits per heavy atom. The number of hydrogen-bond donors (Lipinski definition) is 1. The van der Waals surface area contributed by atoms with Gasteiger partial charge in [0.2, 0.25) is 0 Å². The Bertz CT molecular complexity index is 783. The lowest BCUT2D eigenvalue weighted by Gasteiger charge is -2.09. The standard InChI is InChI=1S/C13H12FNO4S2/c1-8-3-4-9(14)11(7-8)21(17,18)15-10-5-6-20-12(10)13(16)19-2/h3-7,15H,1-2H3. The first-order chi connectivity index (χ1) is 9.85. The number of halogens is 1. The molecule has 0 aliphatic carbocycles. The summed E-state index contributed by atoms with van der Waals surface area (Å²) in [4.78, 5) is 11.2. The number of nitrogens with one attached hydrogen (secondary N) is 1. The van der Waals surface area contributed by atoms with E-state index in [1.165, 1.54) is 30.7 Å². The number of methoxy groups -OCH3 is 1. The van der Waals surface area contributed by atoms with Crippen LogP contribution in [-0.4, -0.2) is 21.5 Å². The van der Waals surface area contributed by atoms with Crippen LogP contribution in [-0.2, 0) is 14.8 Å². The summed E-state index contributed by atoms with van der Waals surface area (Å²) >= 11 is 1.03. The summed E-state index contributed by atoms with van der Waals surface area (Å²) in [6.07, 6.45) is 0. The Morgan fingerprint density at radius 3 is 2.71 bits per heavy atom. The van der Waals surface area contributed by atoms with Gasteiger partial charge in [-0.15, -0.1) is 11.3 Å². The summed E-state index contributed by atoms with van der Waals surface area (Å²) < 4.78 is 45.0. The normalized spacial score (nSPS) is 11.2. The second-order valence-electron chi connectivity index (χ2n) is 4.19. The second-order valence-corrected chi connectivity index (χ2v) is 6.76. The molecular weight excluding hydrogens is 317 g/mol. The van der Waals surface area contributed by atoms with Gasteiger partial charge in [-0.25, -0.2) is 17.6 Å². The molecule has 1 aromatic heterocycles. The van der Waals surface area contributed by atoms with Crippen molar-refractivity contribution in [3.8, 4) is 0 Å². The van der Waals surface area contributed by atoms with E-state index in [0.717, 1.165) is 17.4 Å². The van der Waals surface area contributed by atoms with E-state index in [2.05, 4.69) is 9.46 Å². The van der Waals surface area contributed by atoms with Gasteiger partial charge >= 0.3 is 5.97 Å². The van der Waals surface area contributed by atoms with E-state index in [9.17, 15) is 17.6 Å². The van der Waals surface area contributed by atoms with Crippen molar-refractivity contribution in [2.75, 3.05) is 11.8 Å². The van der Waals surface area contributed by atoms with Crippen LogP contribution in [0.5, 0.6) is 0 Å². The van der Waals surface area contributed by atoms with E-state index in [-0.39, 0.29) is 10.6 Å². The van der Waals surface area contributed by atoms with Gasteiger partial charge in [0.15, 0.2) is 0 Å². The number of thiophene rings is 1. The molecule has 112 valence electrons. The molecule has 1 N–H and O–H groups in total. The van der Waals surface area contributed by atoms with E-state index < -0.39 is 26.7 Å². The lowest BCUT2D eigenvalue weighted by molar-refractivity contribution is 0.0607. The van der Waals surface area contributed by atoms with Gasteiger partial charge in [-0.1, -0.05) is 6.07 Å². The predicted octanol–water partition coefficient (Wildman–Crippen LogP) is 2.78. The highest BCUT2D eigenvalue weighted by molar-refractivity contribution is 7.92. The summed E-state index contributed by atoms with van der Waals surface area (Å²) in [6.45, 7) is 1.66. The minimum absolute atomic E-state index is 0.0627. The van der Waals surface area contributed by atoms with Crippen molar-refractivity contribution in [1.82, 2.24) is 0 Å². The van der Waals surface area contributed by atoms with Crippen molar-refractivity contribution >= 4 is 33.0 Å². The number of aryl methyl sites for hydroxylation is 1. The van der Waals surface area contributed by atoms with Crippen LogP contribution in [0.1, 0.15) is 15.2 Å². The molecule has 0 unspecified atom stereocenters. The molecule has 0 spiro atoms. The van der Waals surface area contributed by atoms with Crippen molar-refractivity contribution in [2.45, 2.75) is 11.8 Å². The molecule has 0 radical (unpaired) electrons. The maximum absolute atomic E-state index is 13.7. The van der Waals surface area contributed by atoms with Crippen molar-refractivity contribution in [3.05, 3.63) is 45.9 Å². The summed E-state index contributed by atoms with van der Waals surface area (Å²) in [6, 6.07) is 5.20. The minimum Gasteiger partial charge on any atom is -0.465 e. The molecule has 0 aliphatic heterocycles.